The zero-order valence-corrected chi connectivity index (χ0v) is 16.8. The molecule has 3 aromatic rings. The summed E-state index contributed by atoms with van der Waals surface area (Å²) in [5.74, 6) is 0.996. The third kappa shape index (κ3) is 4.74. The highest BCUT2D eigenvalue weighted by Gasteiger charge is 2.16. The largest absolute Gasteiger partial charge is 0.462 e. The topological polar surface area (TPSA) is 69.0 Å². The molecule has 0 saturated heterocycles. The summed E-state index contributed by atoms with van der Waals surface area (Å²) in [5, 5.41) is 9.47. The molecule has 0 fully saturated rings. The molecule has 0 unspecified atom stereocenters. The Morgan fingerprint density at radius 3 is 2.70 bits per heavy atom. The quantitative estimate of drug-likeness (QED) is 0.645. The number of anilines is 1. The van der Waals surface area contributed by atoms with E-state index >= 15 is 0 Å². The molecular formula is C20H24N4O2S. The molecule has 7 heteroatoms. The van der Waals surface area contributed by atoms with Crippen LogP contribution in [0.25, 0.3) is 16.4 Å². The second kappa shape index (κ2) is 8.35. The molecule has 27 heavy (non-hydrogen) atoms. The Balaban J connectivity index is 1.96. The second-order valence-corrected chi connectivity index (χ2v) is 7.95. The minimum Gasteiger partial charge on any atom is -0.462 e. The molecule has 3 rings (SSSR count). The van der Waals surface area contributed by atoms with Gasteiger partial charge in [0.2, 0.25) is 5.91 Å². The predicted octanol–water partition coefficient (Wildman–Crippen LogP) is 4.63. The number of benzene rings is 1. The third-order valence-electron chi connectivity index (χ3n) is 3.76. The number of nitrogens with zero attached hydrogens (tertiary/aromatic N) is 3. The van der Waals surface area contributed by atoms with Crippen LogP contribution in [0.5, 0.6) is 6.01 Å². The fraction of sp³-hybridized carbons (Fsp3) is 0.350. The molecule has 1 aromatic carbocycles. The Labute approximate surface area is 163 Å². The van der Waals surface area contributed by atoms with Crippen LogP contribution in [-0.2, 0) is 4.79 Å². The van der Waals surface area contributed by atoms with Crippen LogP contribution >= 0.6 is 11.3 Å². The lowest BCUT2D eigenvalue weighted by Crippen LogP contribution is -2.17. The maximum atomic E-state index is 12.0. The standard InChI is InChI=1S/C20H24N4O2S/c1-13(2)12-26-20-22-18(17-9-6-10-27-17)24(23-20)16-8-5-7-15(11-16)21-19(25)14(3)4/h5-11,13-14H,12H2,1-4H3,(H,21,25). The van der Waals surface area contributed by atoms with Crippen LogP contribution in [0.2, 0.25) is 0 Å². The Hall–Kier alpha value is -2.67. The molecule has 0 radical (unpaired) electrons. The van der Waals surface area contributed by atoms with E-state index < -0.39 is 0 Å². The number of ether oxygens (including phenoxy) is 1. The fourth-order valence-electron chi connectivity index (χ4n) is 2.34. The molecule has 0 aliphatic heterocycles. The zero-order valence-electron chi connectivity index (χ0n) is 16.0. The van der Waals surface area contributed by atoms with Crippen LogP contribution < -0.4 is 10.1 Å². The molecular weight excluding hydrogens is 360 g/mol. The van der Waals surface area contributed by atoms with E-state index in [0.29, 0.717) is 18.5 Å². The van der Waals surface area contributed by atoms with Crippen molar-refractivity contribution in [3.8, 4) is 22.4 Å². The Morgan fingerprint density at radius 1 is 1.22 bits per heavy atom. The van der Waals surface area contributed by atoms with Gasteiger partial charge in [-0.2, -0.15) is 4.98 Å². The average molecular weight is 385 g/mol. The Kier molecular flexibility index (Phi) is 5.91. The van der Waals surface area contributed by atoms with Gasteiger partial charge in [-0.1, -0.05) is 39.8 Å². The number of hydrogen-bond donors (Lipinski definition) is 1. The van der Waals surface area contributed by atoms with Gasteiger partial charge in [-0.05, 0) is 35.6 Å². The Morgan fingerprint density at radius 2 is 2.04 bits per heavy atom. The van der Waals surface area contributed by atoms with Gasteiger partial charge in [-0.25, -0.2) is 4.68 Å². The van der Waals surface area contributed by atoms with Gasteiger partial charge in [-0.15, -0.1) is 16.4 Å². The monoisotopic (exact) mass is 384 g/mol. The lowest BCUT2D eigenvalue weighted by atomic mass is 10.2. The normalized spacial score (nSPS) is 11.2. The van der Waals surface area contributed by atoms with Gasteiger partial charge >= 0.3 is 6.01 Å². The number of carbonyl (C=O) groups excluding carboxylic acids is 1. The molecule has 1 amide bonds. The summed E-state index contributed by atoms with van der Waals surface area (Å²) in [7, 11) is 0. The van der Waals surface area contributed by atoms with E-state index in [1.807, 2.05) is 55.6 Å². The molecule has 2 aromatic heterocycles. The number of thiophene rings is 1. The summed E-state index contributed by atoms with van der Waals surface area (Å²) in [6.45, 7) is 8.45. The van der Waals surface area contributed by atoms with E-state index in [1.165, 1.54) is 0 Å². The van der Waals surface area contributed by atoms with Crippen LogP contribution in [0.4, 0.5) is 5.69 Å². The van der Waals surface area contributed by atoms with Gasteiger partial charge in [0.15, 0.2) is 5.82 Å². The highest BCUT2D eigenvalue weighted by molar-refractivity contribution is 7.13. The number of carbonyl (C=O) groups is 1. The molecule has 0 saturated carbocycles. The predicted molar refractivity (Wildman–Crippen MR) is 108 cm³/mol. The first-order valence-electron chi connectivity index (χ1n) is 8.99. The summed E-state index contributed by atoms with van der Waals surface area (Å²) in [6.07, 6.45) is 0. The van der Waals surface area contributed by atoms with Gasteiger partial charge in [0.25, 0.3) is 0 Å². The average Bonchev–Trinajstić information content (AvgIpc) is 3.29. The van der Waals surface area contributed by atoms with E-state index in [2.05, 4.69) is 29.2 Å². The maximum absolute atomic E-state index is 12.0. The van der Waals surface area contributed by atoms with E-state index in [0.717, 1.165) is 22.1 Å². The van der Waals surface area contributed by atoms with Crippen LogP contribution in [-0.4, -0.2) is 27.3 Å². The van der Waals surface area contributed by atoms with Crippen molar-refractivity contribution >= 4 is 22.9 Å². The molecule has 0 aliphatic rings. The van der Waals surface area contributed by atoms with Gasteiger partial charge in [0.1, 0.15) is 0 Å². The van der Waals surface area contributed by atoms with Crippen molar-refractivity contribution < 1.29 is 9.53 Å². The van der Waals surface area contributed by atoms with Crippen molar-refractivity contribution in [3.05, 3.63) is 41.8 Å². The van der Waals surface area contributed by atoms with Gasteiger partial charge < -0.3 is 10.1 Å². The molecule has 142 valence electrons. The maximum Gasteiger partial charge on any atom is 0.336 e. The molecule has 0 atom stereocenters. The van der Waals surface area contributed by atoms with Crippen molar-refractivity contribution in [2.75, 3.05) is 11.9 Å². The first-order valence-corrected chi connectivity index (χ1v) is 9.87. The third-order valence-corrected chi connectivity index (χ3v) is 4.62. The summed E-state index contributed by atoms with van der Waals surface area (Å²) in [4.78, 5) is 17.6. The van der Waals surface area contributed by atoms with Gasteiger partial charge in [0.05, 0.1) is 17.2 Å². The van der Waals surface area contributed by atoms with Gasteiger partial charge in [0, 0.05) is 11.6 Å². The van der Waals surface area contributed by atoms with Crippen molar-refractivity contribution in [1.82, 2.24) is 14.8 Å². The van der Waals surface area contributed by atoms with E-state index in [1.54, 1.807) is 16.0 Å². The highest BCUT2D eigenvalue weighted by atomic mass is 32.1. The first-order chi connectivity index (χ1) is 12.9. The first kappa shape index (κ1) is 19.1. The number of aromatic nitrogens is 3. The summed E-state index contributed by atoms with van der Waals surface area (Å²) in [5.41, 5.74) is 1.54. The number of amides is 1. The van der Waals surface area contributed by atoms with Crippen LogP contribution in [0.3, 0.4) is 0 Å². The molecule has 1 N–H and O–H groups in total. The smallest absolute Gasteiger partial charge is 0.336 e. The molecule has 0 spiro atoms. The summed E-state index contributed by atoms with van der Waals surface area (Å²) in [6, 6.07) is 11.9. The van der Waals surface area contributed by atoms with Crippen LogP contribution in [0.15, 0.2) is 41.8 Å². The minimum absolute atomic E-state index is 0.0230. The van der Waals surface area contributed by atoms with Crippen molar-refractivity contribution in [2.45, 2.75) is 27.7 Å². The zero-order chi connectivity index (χ0) is 19.4. The van der Waals surface area contributed by atoms with E-state index in [4.69, 9.17) is 4.74 Å². The van der Waals surface area contributed by atoms with Crippen molar-refractivity contribution in [1.29, 1.82) is 0 Å². The summed E-state index contributed by atoms with van der Waals surface area (Å²) < 4.78 is 7.48. The molecule has 2 heterocycles. The minimum atomic E-state index is -0.0854. The van der Waals surface area contributed by atoms with Crippen molar-refractivity contribution in [3.63, 3.8) is 0 Å². The molecule has 6 nitrogen and oxygen atoms in total. The lowest BCUT2D eigenvalue weighted by molar-refractivity contribution is -0.118. The molecule has 0 bridgehead atoms. The summed E-state index contributed by atoms with van der Waals surface area (Å²) >= 11 is 1.59. The van der Waals surface area contributed by atoms with Gasteiger partial charge in [-0.3, -0.25) is 4.79 Å². The van der Waals surface area contributed by atoms with Crippen molar-refractivity contribution in [2.24, 2.45) is 11.8 Å². The van der Waals surface area contributed by atoms with Crippen LogP contribution in [0.1, 0.15) is 27.7 Å². The highest BCUT2D eigenvalue weighted by Crippen LogP contribution is 2.28. The SMILES string of the molecule is CC(C)COc1nc(-c2cccs2)n(-c2cccc(NC(=O)C(C)C)c2)n1. The fourth-order valence-corrected chi connectivity index (χ4v) is 3.04. The second-order valence-electron chi connectivity index (χ2n) is 7.01. The number of nitrogens with one attached hydrogen (secondary N) is 1. The number of rotatable bonds is 7. The van der Waals surface area contributed by atoms with E-state index in [-0.39, 0.29) is 11.8 Å². The Bertz CT molecular complexity index is 901. The lowest BCUT2D eigenvalue weighted by Gasteiger charge is -2.10. The number of hydrogen-bond acceptors (Lipinski definition) is 5. The molecule has 0 aliphatic carbocycles. The van der Waals surface area contributed by atoms with E-state index in [9.17, 15) is 4.79 Å². The van der Waals surface area contributed by atoms with Crippen LogP contribution in [0, 0.1) is 11.8 Å².